The van der Waals surface area contributed by atoms with Gasteiger partial charge in [0.15, 0.2) is 0 Å². The van der Waals surface area contributed by atoms with Crippen LogP contribution in [0.3, 0.4) is 0 Å². The van der Waals surface area contributed by atoms with Gasteiger partial charge in [-0.1, -0.05) is 48.5 Å². The number of nitrogens with zero attached hydrogens (tertiary/aromatic N) is 1. The minimum atomic E-state index is -1.14. The highest BCUT2D eigenvalue weighted by atomic mass is 16.5. The third kappa shape index (κ3) is 4.01. The summed E-state index contributed by atoms with van der Waals surface area (Å²) in [5, 5.41) is 12.3. The third-order valence-corrected chi connectivity index (χ3v) is 5.04. The first-order valence-electron chi connectivity index (χ1n) is 9.26. The highest BCUT2D eigenvalue weighted by molar-refractivity contribution is 5.85. The van der Waals surface area contributed by atoms with E-state index in [0.29, 0.717) is 6.42 Å². The van der Waals surface area contributed by atoms with E-state index in [1.165, 1.54) is 12.0 Å². The Morgan fingerprint density at radius 3 is 2.14 bits per heavy atom. The number of carbonyl (C=O) groups is 3. The number of benzene rings is 2. The number of fused-ring (bicyclic) bond motifs is 3. The van der Waals surface area contributed by atoms with Crippen LogP contribution in [0.15, 0.2) is 48.5 Å². The van der Waals surface area contributed by atoms with Crippen molar-refractivity contribution < 1.29 is 24.2 Å². The molecule has 0 aromatic heterocycles. The molecule has 8 nitrogen and oxygen atoms in total. The highest BCUT2D eigenvalue weighted by Crippen LogP contribution is 2.47. The number of hydrogen-bond acceptors (Lipinski definition) is 4. The van der Waals surface area contributed by atoms with E-state index in [4.69, 9.17) is 10.5 Å². The van der Waals surface area contributed by atoms with Gasteiger partial charge in [-0.15, -0.1) is 0 Å². The fourth-order valence-electron chi connectivity index (χ4n) is 3.84. The molecule has 0 saturated heterocycles. The average Bonchev–Trinajstić information content (AvgIpc) is 3.04. The molecule has 4 N–H and O–H groups in total. The molecule has 3 amide bonds. The van der Waals surface area contributed by atoms with Crippen molar-refractivity contribution in [1.82, 2.24) is 10.2 Å². The smallest absolute Gasteiger partial charge is 0.411 e. The molecule has 0 bridgehead atoms. The second-order valence-electron chi connectivity index (χ2n) is 6.74. The van der Waals surface area contributed by atoms with E-state index < -0.39 is 30.2 Å². The fraction of sp³-hybridized carbons (Fsp3) is 0.286. The van der Waals surface area contributed by atoms with Crippen LogP contribution in [0.1, 0.15) is 30.0 Å². The van der Waals surface area contributed by atoms with Crippen LogP contribution < -0.4 is 11.1 Å². The van der Waals surface area contributed by atoms with Crippen molar-refractivity contribution in [2.75, 3.05) is 13.7 Å². The summed E-state index contributed by atoms with van der Waals surface area (Å²) < 4.78 is 4.96. The molecule has 152 valence electrons. The lowest BCUT2D eigenvalue weighted by Gasteiger charge is -2.34. The van der Waals surface area contributed by atoms with Gasteiger partial charge >= 0.3 is 18.1 Å². The van der Waals surface area contributed by atoms with Crippen molar-refractivity contribution in [3.05, 3.63) is 59.7 Å². The molecule has 2 aromatic carbocycles. The normalized spacial score (nSPS) is 13.1. The van der Waals surface area contributed by atoms with Crippen molar-refractivity contribution in [2.24, 2.45) is 5.73 Å². The molecule has 1 atom stereocenters. The van der Waals surface area contributed by atoms with Crippen molar-refractivity contribution in [1.29, 1.82) is 0 Å². The SMILES string of the molecule is COC(=O)N(C(CCCNC(N)=O)C(=O)O)C1c2ccccc2-c2ccccc21. The second-order valence-corrected chi connectivity index (χ2v) is 6.74. The van der Waals surface area contributed by atoms with E-state index in [0.717, 1.165) is 22.3 Å². The zero-order valence-corrected chi connectivity index (χ0v) is 16.0. The predicted molar refractivity (Wildman–Crippen MR) is 106 cm³/mol. The van der Waals surface area contributed by atoms with Crippen LogP contribution in [0.25, 0.3) is 11.1 Å². The summed E-state index contributed by atoms with van der Waals surface area (Å²) >= 11 is 0. The lowest BCUT2D eigenvalue weighted by atomic mass is 10.00. The Morgan fingerprint density at radius 1 is 1.10 bits per heavy atom. The van der Waals surface area contributed by atoms with Crippen LogP contribution in [0.5, 0.6) is 0 Å². The molecular weight excluding hydrogens is 374 g/mol. The number of rotatable bonds is 7. The topological polar surface area (TPSA) is 122 Å². The van der Waals surface area contributed by atoms with Gasteiger partial charge in [0, 0.05) is 6.54 Å². The molecule has 0 spiro atoms. The van der Waals surface area contributed by atoms with Crippen molar-refractivity contribution >= 4 is 18.1 Å². The van der Waals surface area contributed by atoms with Crippen LogP contribution in [0.4, 0.5) is 9.59 Å². The Labute approximate surface area is 168 Å². The van der Waals surface area contributed by atoms with Gasteiger partial charge in [-0.2, -0.15) is 0 Å². The molecule has 1 aliphatic rings. The number of urea groups is 1. The monoisotopic (exact) mass is 397 g/mol. The van der Waals surface area contributed by atoms with E-state index in [1.807, 2.05) is 48.5 Å². The molecule has 0 radical (unpaired) electrons. The number of carboxylic acid groups (broad SMARTS) is 1. The number of methoxy groups -OCH3 is 1. The van der Waals surface area contributed by atoms with Crippen LogP contribution in [-0.4, -0.2) is 47.8 Å². The molecule has 0 fully saturated rings. The minimum absolute atomic E-state index is 0.131. The van der Waals surface area contributed by atoms with Crippen LogP contribution in [0, 0.1) is 0 Å². The number of ether oxygens (including phenoxy) is 1. The number of nitrogens with one attached hydrogen (secondary N) is 1. The standard InChI is InChI=1S/C21H23N3O5/c1-29-21(28)24(17(19(25)26)11-6-12-23-20(22)27)18-15-9-4-2-7-13(15)14-8-3-5-10-16(14)18/h2-5,7-10,17-18H,6,11-12H2,1H3,(H,25,26)(H3,22,23,27). The minimum Gasteiger partial charge on any atom is -0.480 e. The molecular formula is C21H23N3O5. The molecule has 1 unspecified atom stereocenters. The molecule has 0 saturated carbocycles. The lowest BCUT2D eigenvalue weighted by Crippen LogP contribution is -2.47. The van der Waals surface area contributed by atoms with Gasteiger partial charge in [-0.05, 0) is 35.1 Å². The molecule has 29 heavy (non-hydrogen) atoms. The molecule has 0 heterocycles. The number of carbonyl (C=O) groups excluding carboxylic acids is 2. The highest BCUT2D eigenvalue weighted by Gasteiger charge is 2.41. The maximum Gasteiger partial charge on any atom is 0.411 e. The zero-order chi connectivity index (χ0) is 21.0. The van der Waals surface area contributed by atoms with E-state index >= 15 is 0 Å². The van der Waals surface area contributed by atoms with E-state index in [-0.39, 0.29) is 13.0 Å². The van der Waals surface area contributed by atoms with Gasteiger partial charge in [0.1, 0.15) is 6.04 Å². The Kier molecular flexibility index (Phi) is 6.01. The quantitative estimate of drug-likeness (QED) is 0.620. The number of primary amides is 1. The maximum atomic E-state index is 12.8. The van der Waals surface area contributed by atoms with Gasteiger partial charge in [0.05, 0.1) is 13.2 Å². The zero-order valence-electron chi connectivity index (χ0n) is 16.0. The first-order valence-corrected chi connectivity index (χ1v) is 9.26. The summed E-state index contributed by atoms with van der Waals surface area (Å²) in [5.74, 6) is -1.14. The number of nitrogens with two attached hydrogens (primary N) is 1. The largest absolute Gasteiger partial charge is 0.480 e. The summed E-state index contributed by atoms with van der Waals surface area (Å²) in [4.78, 5) is 37.0. The predicted octanol–water partition coefficient (Wildman–Crippen LogP) is 2.73. The molecule has 3 rings (SSSR count). The summed E-state index contributed by atoms with van der Waals surface area (Å²) in [6.45, 7) is 0.214. The van der Waals surface area contributed by atoms with E-state index in [2.05, 4.69) is 5.32 Å². The summed E-state index contributed by atoms with van der Waals surface area (Å²) in [6.07, 6.45) is -0.258. The van der Waals surface area contributed by atoms with Gasteiger partial charge in [0.25, 0.3) is 0 Å². The Morgan fingerprint density at radius 2 is 1.66 bits per heavy atom. The van der Waals surface area contributed by atoms with Crippen molar-refractivity contribution in [3.63, 3.8) is 0 Å². The Balaban J connectivity index is 2.01. The van der Waals surface area contributed by atoms with Crippen molar-refractivity contribution in [3.8, 4) is 11.1 Å². The summed E-state index contributed by atoms with van der Waals surface area (Å²) in [5.41, 5.74) is 8.67. The lowest BCUT2D eigenvalue weighted by molar-refractivity contribution is -0.143. The second kappa shape index (κ2) is 8.64. The van der Waals surface area contributed by atoms with Gasteiger partial charge in [0.2, 0.25) is 0 Å². The molecule has 1 aliphatic carbocycles. The first kappa shape index (κ1) is 20.2. The Bertz CT molecular complexity index is 885. The summed E-state index contributed by atoms with van der Waals surface area (Å²) in [6, 6.07) is 12.8. The molecule has 8 heteroatoms. The molecule has 0 aliphatic heterocycles. The number of carboxylic acids is 1. The van der Waals surface area contributed by atoms with Gasteiger partial charge in [-0.25, -0.2) is 14.4 Å². The maximum absolute atomic E-state index is 12.8. The number of hydrogen-bond donors (Lipinski definition) is 3. The number of aliphatic carboxylic acids is 1. The van der Waals surface area contributed by atoms with Crippen LogP contribution in [-0.2, 0) is 9.53 Å². The fourth-order valence-corrected chi connectivity index (χ4v) is 3.84. The van der Waals surface area contributed by atoms with Crippen molar-refractivity contribution in [2.45, 2.75) is 24.9 Å². The third-order valence-electron chi connectivity index (χ3n) is 5.04. The molecule has 2 aromatic rings. The first-order chi connectivity index (χ1) is 14.0. The van der Waals surface area contributed by atoms with Gasteiger partial charge < -0.3 is 20.9 Å². The van der Waals surface area contributed by atoms with Crippen LogP contribution >= 0.6 is 0 Å². The van der Waals surface area contributed by atoms with Gasteiger partial charge in [-0.3, -0.25) is 4.90 Å². The summed E-state index contributed by atoms with van der Waals surface area (Å²) in [7, 11) is 1.23. The Hall–Kier alpha value is -3.55. The van der Waals surface area contributed by atoms with E-state index in [9.17, 15) is 19.5 Å². The average molecular weight is 397 g/mol. The van der Waals surface area contributed by atoms with E-state index in [1.54, 1.807) is 0 Å². The number of amides is 3. The van der Waals surface area contributed by atoms with Crippen LogP contribution in [0.2, 0.25) is 0 Å².